The summed E-state index contributed by atoms with van der Waals surface area (Å²) in [4.78, 5) is 11.6. The van der Waals surface area contributed by atoms with E-state index in [4.69, 9.17) is 9.94 Å². The van der Waals surface area contributed by atoms with Crippen LogP contribution in [0.2, 0.25) is 0 Å². The number of phenolic OH excluding ortho intramolecular Hbond substituents is 1. The Hall–Kier alpha value is -2.62. The molecule has 0 radical (unpaired) electrons. The molecule has 28 heavy (non-hydrogen) atoms. The number of phenols is 1. The van der Waals surface area contributed by atoms with Crippen molar-refractivity contribution in [3.05, 3.63) is 54.1 Å². The van der Waals surface area contributed by atoms with Crippen molar-refractivity contribution in [1.29, 1.82) is 0 Å². The van der Waals surface area contributed by atoms with Crippen LogP contribution in [0.5, 0.6) is 11.5 Å². The van der Waals surface area contributed by atoms with E-state index in [0.29, 0.717) is 18.6 Å². The number of nitrogens with one attached hydrogen (secondary N) is 1. The van der Waals surface area contributed by atoms with Crippen LogP contribution in [0.3, 0.4) is 0 Å². The van der Waals surface area contributed by atoms with Gasteiger partial charge in [0.15, 0.2) is 0 Å². The fourth-order valence-corrected chi connectivity index (χ4v) is 4.64. The van der Waals surface area contributed by atoms with Gasteiger partial charge in [-0.1, -0.05) is 19.6 Å². The third-order valence-corrected chi connectivity index (χ3v) is 6.35. The first-order valence-corrected chi connectivity index (χ1v) is 9.85. The van der Waals surface area contributed by atoms with Crippen molar-refractivity contribution >= 4 is 15.9 Å². The summed E-state index contributed by atoms with van der Waals surface area (Å²) in [5, 5.41) is 18.1. The van der Waals surface area contributed by atoms with Crippen molar-refractivity contribution in [3.8, 4) is 11.5 Å². The first kappa shape index (κ1) is 21.7. The molecule has 0 saturated carbocycles. The van der Waals surface area contributed by atoms with Gasteiger partial charge in [0, 0.05) is 13.1 Å². The maximum atomic E-state index is 12.9. The zero-order valence-electron chi connectivity index (χ0n) is 14.4. The van der Waals surface area contributed by atoms with E-state index in [1.807, 2.05) is 0 Å². The molecule has 1 aliphatic heterocycles. The summed E-state index contributed by atoms with van der Waals surface area (Å²) in [6, 6.07) is 12.1. The molecule has 0 spiro atoms. The normalized spacial score (nSPS) is 15.5. The van der Waals surface area contributed by atoms with Crippen LogP contribution in [0.1, 0.15) is 30.6 Å². The van der Waals surface area contributed by atoms with Crippen molar-refractivity contribution in [2.75, 3.05) is 13.1 Å². The van der Waals surface area contributed by atoms with Gasteiger partial charge in [0.05, 0.1) is 10.5 Å². The smallest absolute Gasteiger partial charge is 0.276 e. The van der Waals surface area contributed by atoms with Crippen LogP contribution in [0.4, 0.5) is 0 Å². The van der Waals surface area contributed by atoms with Crippen LogP contribution in [-0.4, -0.2) is 48.1 Å². The molecule has 0 aliphatic carbocycles. The van der Waals surface area contributed by atoms with E-state index in [9.17, 15) is 18.3 Å². The summed E-state index contributed by atoms with van der Waals surface area (Å²) in [6.07, 6.45) is 0.847. The van der Waals surface area contributed by atoms with Gasteiger partial charge in [-0.05, 0) is 49.2 Å². The number of piperidine rings is 1. The third-order valence-electron chi connectivity index (χ3n) is 4.39. The van der Waals surface area contributed by atoms with E-state index >= 15 is 0 Å². The van der Waals surface area contributed by atoms with Gasteiger partial charge >= 0.3 is 0 Å². The Labute approximate surface area is 164 Å². The minimum atomic E-state index is -3.88. The maximum absolute atomic E-state index is 12.9. The number of ether oxygens (including phenoxy) is 1. The molecule has 9 heteroatoms. The predicted octanol–water partition coefficient (Wildman–Crippen LogP) is 2.38. The van der Waals surface area contributed by atoms with Gasteiger partial charge in [-0.3, -0.25) is 10.0 Å². The second kappa shape index (κ2) is 9.05. The summed E-state index contributed by atoms with van der Waals surface area (Å²) in [7, 11) is -3.88. The van der Waals surface area contributed by atoms with Crippen molar-refractivity contribution in [3.63, 3.8) is 0 Å². The van der Waals surface area contributed by atoms with E-state index in [2.05, 4.69) is 0 Å². The first-order chi connectivity index (χ1) is 12.9. The van der Waals surface area contributed by atoms with Crippen molar-refractivity contribution in [2.24, 2.45) is 0 Å². The third kappa shape index (κ3) is 4.61. The molecular formula is C19H24N2O6S. The van der Waals surface area contributed by atoms with Crippen molar-refractivity contribution in [2.45, 2.75) is 31.3 Å². The summed E-state index contributed by atoms with van der Waals surface area (Å²) in [5.74, 6) is -0.118. The Balaban J connectivity index is 0.00000280. The summed E-state index contributed by atoms with van der Waals surface area (Å²) in [6.45, 7) is 0.500. The molecule has 1 fully saturated rings. The van der Waals surface area contributed by atoms with Crippen molar-refractivity contribution < 1.29 is 28.3 Å². The Morgan fingerprint density at radius 1 is 1.07 bits per heavy atom. The Bertz CT molecular complexity index is 906. The van der Waals surface area contributed by atoms with Crippen LogP contribution < -0.4 is 10.2 Å². The highest BCUT2D eigenvalue weighted by molar-refractivity contribution is 7.89. The molecule has 1 heterocycles. The lowest BCUT2D eigenvalue weighted by Gasteiger charge is -2.31. The zero-order valence-corrected chi connectivity index (χ0v) is 15.2. The highest BCUT2D eigenvalue weighted by Crippen LogP contribution is 2.26. The molecule has 152 valence electrons. The minimum Gasteiger partial charge on any atom is -0.508 e. The zero-order chi connectivity index (χ0) is 19.4. The fourth-order valence-electron chi connectivity index (χ4n) is 2.99. The number of hydroxylamine groups is 1. The summed E-state index contributed by atoms with van der Waals surface area (Å²) < 4.78 is 33.0. The van der Waals surface area contributed by atoms with Gasteiger partial charge < -0.3 is 9.84 Å². The van der Waals surface area contributed by atoms with Gasteiger partial charge in [0.1, 0.15) is 17.6 Å². The molecule has 1 saturated heterocycles. The average molecular weight is 408 g/mol. The molecule has 2 aromatic carbocycles. The monoisotopic (exact) mass is 408 g/mol. The molecule has 0 aromatic heterocycles. The highest BCUT2D eigenvalue weighted by atomic mass is 32.2. The number of nitrogens with zero attached hydrogens (tertiary/aromatic N) is 1. The first-order valence-electron chi connectivity index (χ1n) is 8.41. The summed E-state index contributed by atoms with van der Waals surface area (Å²) >= 11 is 0. The van der Waals surface area contributed by atoms with Crippen molar-refractivity contribution in [1.82, 2.24) is 9.79 Å². The van der Waals surface area contributed by atoms with E-state index in [1.54, 1.807) is 12.1 Å². The molecule has 0 atom stereocenters. The second-order valence-electron chi connectivity index (χ2n) is 6.15. The van der Waals surface area contributed by atoms with Crippen LogP contribution >= 0.6 is 0 Å². The molecule has 1 amide bonds. The molecule has 0 unspecified atom stereocenters. The Morgan fingerprint density at radius 3 is 2.29 bits per heavy atom. The lowest BCUT2D eigenvalue weighted by atomic mass is 10.1. The highest BCUT2D eigenvalue weighted by Gasteiger charge is 2.32. The average Bonchev–Trinajstić information content (AvgIpc) is 2.69. The molecular weight excluding hydrogens is 384 g/mol. The van der Waals surface area contributed by atoms with Gasteiger partial charge in [-0.15, -0.1) is 0 Å². The molecule has 0 bridgehead atoms. The van der Waals surface area contributed by atoms with E-state index < -0.39 is 15.9 Å². The number of benzene rings is 2. The number of amides is 1. The van der Waals surface area contributed by atoms with E-state index in [1.165, 1.54) is 46.2 Å². The molecule has 3 N–H and O–H groups in total. The lowest BCUT2D eigenvalue weighted by molar-refractivity contribution is 0.0702. The van der Waals surface area contributed by atoms with Crippen LogP contribution in [0, 0.1) is 0 Å². The lowest BCUT2D eigenvalue weighted by Crippen LogP contribution is -2.42. The number of aromatic hydroxyl groups is 1. The second-order valence-corrected chi connectivity index (χ2v) is 8.06. The minimum absolute atomic E-state index is 0. The number of sulfonamides is 1. The largest absolute Gasteiger partial charge is 0.508 e. The number of hydrogen-bond donors (Lipinski definition) is 3. The maximum Gasteiger partial charge on any atom is 0.276 e. The topological polar surface area (TPSA) is 116 Å². The standard InChI is InChI=1S/C18H20N2O6S.CH4/c21-13-5-7-14(8-6-13)26-15-9-11-20(12-10-15)27(24,25)17-4-2-1-3-16(17)18(22)19-23;/h1-8,15,21,23H,9-12H2,(H,19,22);1H4. The molecule has 2 aromatic rings. The number of rotatable bonds is 5. The van der Waals surface area contributed by atoms with Gasteiger partial charge in [-0.2, -0.15) is 4.31 Å². The van der Waals surface area contributed by atoms with Gasteiger partial charge in [0.2, 0.25) is 10.0 Å². The van der Waals surface area contributed by atoms with Crippen LogP contribution in [-0.2, 0) is 10.0 Å². The van der Waals surface area contributed by atoms with Crippen LogP contribution in [0.25, 0.3) is 0 Å². The number of carbonyl (C=O) groups excluding carboxylic acids is 1. The predicted molar refractivity (Wildman–Crippen MR) is 103 cm³/mol. The number of carbonyl (C=O) groups is 1. The van der Waals surface area contributed by atoms with Gasteiger partial charge in [-0.25, -0.2) is 13.9 Å². The molecule has 1 aliphatic rings. The summed E-state index contributed by atoms with van der Waals surface area (Å²) in [5.41, 5.74) is 1.37. The van der Waals surface area contributed by atoms with Crippen LogP contribution in [0.15, 0.2) is 53.4 Å². The molecule has 3 rings (SSSR count). The Kier molecular flexibility index (Phi) is 7.00. The fraction of sp³-hybridized carbons (Fsp3) is 0.316. The van der Waals surface area contributed by atoms with E-state index in [-0.39, 0.29) is 42.8 Å². The molecule has 8 nitrogen and oxygen atoms in total. The van der Waals surface area contributed by atoms with Gasteiger partial charge in [0.25, 0.3) is 5.91 Å². The number of hydrogen-bond acceptors (Lipinski definition) is 6. The van der Waals surface area contributed by atoms with E-state index in [0.717, 1.165) is 0 Å². The Morgan fingerprint density at radius 2 is 1.68 bits per heavy atom. The quantitative estimate of drug-likeness (QED) is 0.517. The SMILES string of the molecule is C.O=C(NO)c1ccccc1S(=O)(=O)N1CCC(Oc2ccc(O)cc2)CC1.